The molecule has 2 aromatic rings. The third-order valence-corrected chi connectivity index (χ3v) is 4.21. The van der Waals surface area contributed by atoms with E-state index < -0.39 is 0 Å². The largest absolute Gasteiger partial charge is 0.507 e. The van der Waals surface area contributed by atoms with E-state index >= 15 is 0 Å². The van der Waals surface area contributed by atoms with Crippen LogP contribution < -0.4 is 5.73 Å². The average Bonchev–Trinajstić information content (AvgIpc) is 2.69. The highest BCUT2D eigenvalue weighted by atomic mass is 16.3. The molecule has 0 aliphatic heterocycles. The average molecular weight is 283 g/mol. The molecule has 3 rings (SSSR count). The lowest BCUT2D eigenvalue weighted by atomic mass is 10.0. The van der Waals surface area contributed by atoms with Crippen LogP contribution in [0.5, 0.6) is 5.75 Å². The van der Waals surface area contributed by atoms with Crippen LogP contribution in [-0.2, 0) is 12.8 Å². The van der Waals surface area contributed by atoms with E-state index in [4.69, 9.17) is 10.7 Å². The Morgan fingerprint density at radius 2 is 1.67 bits per heavy atom. The molecule has 1 aliphatic carbocycles. The van der Waals surface area contributed by atoms with Crippen molar-refractivity contribution in [2.45, 2.75) is 46.0 Å². The van der Waals surface area contributed by atoms with Crippen molar-refractivity contribution in [1.82, 2.24) is 9.97 Å². The first-order valence-electron chi connectivity index (χ1n) is 7.52. The van der Waals surface area contributed by atoms with Crippen molar-refractivity contribution in [3.63, 3.8) is 0 Å². The second-order valence-electron chi connectivity index (χ2n) is 5.88. The second kappa shape index (κ2) is 5.35. The lowest BCUT2D eigenvalue weighted by molar-refractivity contribution is 0.467. The number of phenolic OH excluding ortho intramolecular Hbond substituents is 1. The van der Waals surface area contributed by atoms with Crippen molar-refractivity contribution < 1.29 is 5.11 Å². The number of hydrogen-bond acceptors (Lipinski definition) is 4. The number of benzene rings is 1. The summed E-state index contributed by atoms with van der Waals surface area (Å²) in [6, 6.07) is 3.83. The summed E-state index contributed by atoms with van der Waals surface area (Å²) in [5.41, 5.74) is 11.0. The molecule has 0 atom stereocenters. The number of phenols is 1. The Hall–Kier alpha value is -2.10. The molecule has 0 bridgehead atoms. The number of aryl methyl sites for hydroxylation is 3. The van der Waals surface area contributed by atoms with Crippen molar-refractivity contribution in [1.29, 1.82) is 0 Å². The maximum absolute atomic E-state index is 9.90. The monoisotopic (exact) mass is 283 g/mol. The zero-order valence-corrected chi connectivity index (χ0v) is 12.6. The number of fused-ring (bicyclic) bond motifs is 1. The summed E-state index contributed by atoms with van der Waals surface area (Å²) in [7, 11) is 0. The molecule has 1 heterocycles. The van der Waals surface area contributed by atoms with Gasteiger partial charge in [-0.05, 0) is 62.8 Å². The van der Waals surface area contributed by atoms with Crippen LogP contribution in [0.4, 0.5) is 5.82 Å². The number of nitrogens with zero attached hydrogens (tertiary/aromatic N) is 2. The van der Waals surface area contributed by atoms with Gasteiger partial charge in [-0.2, -0.15) is 0 Å². The molecule has 0 unspecified atom stereocenters. The van der Waals surface area contributed by atoms with Gasteiger partial charge in [-0.1, -0.05) is 6.42 Å². The summed E-state index contributed by atoms with van der Waals surface area (Å²) >= 11 is 0. The number of anilines is 1. The quantitative estimate of drug-likeness (QED) is 0.787. The zero-order valence-electron chi connectivity index (χ0n) is 12.6. The molecule has 1 aliphatic rings. The minimum absolute atomic E-state index is 0.335. The number of aromatic hydroxyl groups is 1. The lowest BCUT2D eigenvalue weighted by Crippen LogP contribution is -2.06. The van der Waals surface area contributed by atoms with Crippen molar-refractivity contribution >= 4 is 5.82 Å². The number of nitrogen functional groups attached to an aromatic ring is 1. The lowest BCUT2D eigenvalue weighted by Gasteiger charge is -2.12. The molecule has 21 heavy (non-hydrogen) atoms. The van der Waals surface area contributed by atoms with Crippen LogP contribution in [0, 0.1) is 13.8 Å². The van der Waals surface area contributed by atoms with Crippen LogP contribution >= 0.6 is 0 Å². The summed E-state index contributed by atoms with van der Waals surface area (Å²) < 4.78 is 0. The van der Waals surface area contributed by atoms with E-state index in [2.05, 4.69) is 4.98 Å². The van der Waals surface area contributed by atoms with E-state index in [9.17, 15) is 5.11 Å². The van der Waals surface area contributed by atoms with Crippen LogP contribution in [0.25, 0.3) is 11.4 Å². The van der Waals surface area contributed by atoms with E-state index in [0.717, 1.165) is 53.6 Å². The molecule has 0 amide bonds. The third-order valence-electron chi connectivity index (χ3n) is 4.21. The van der Waals surface area contributed by atoms with Crippen LogP contribution in [-0.4, -0.2) is 15.1 Å². The first-order chi connectivity index (χ1) is 10.1. The number of nitrogens with two attached hydrogens (primary N) is 1. The van der Waals surface area contributed by atoms with Gasteiger partial charge >= 0.3 is 0 Å². The van der Waals surface area contributed by atoms with Crippen molar-refractivity contribution in [2.75, 3.05) is 5.73 Å². The van der Waals surface area contributed by atoms with Gasteiger partial charge in [0.15, 0.2) is 5.82 Å². The Morgan fingerprint density at radius 3 is 2.38 bits per heavy atom. The van der Waals surface area contributed by atoms with Crippen molar-refractivity contribution in [3.05, 3.63) is 34.5 Å². The fourth-order valence-corrected chi connectivity index (χ4v) is 3.01. The predicted molar refractivity (Wildman–Crippen MR) is 84.3 cm³/mol. The third kappa shape index (κ3) is 2.58. The highest BCUT2D eigenvalue weighted by Gasteiger charge is 2.16. The summed E-state index contributed by atoms with van der Waals surface area (Å²) in [4.78, 5) is 9.24. The molecule has 0 spiro atoms. The summed E-state index contributed by atoms with van der Waals surface area (Å²) in [5.74, 6) is 1.61. The first kappa shape index (κ1) is 13.9. The van der Waals surface area contributed by atoms with Gasteiger partial charge in [0.25, 0.3) is 0 Å². The standard InChI is InChI=1S/C17H21N3O/c1-10-8-12(9-11(2)15(10)21)17-19-14-7-5-3-4-6-13(14)16(18)20-17/h8-9,21H,3-7H2,1-2H3,(H2,18,19,20). The molecule has 4 nitrogen and oxygen atoms in total. The molecule has 0 saturated heterocycles. The molecule has 1 aromatic carbocycles. The zero-order chi connectivity index (χ0) is 15.0. The molecule has 0 fully saturated rings. The maximum Gasteiger partial charge on any atom is 0.161 e. The topological polar surface area (TPSA) is 72.0 Å². The van der Waals surface area contributed by atoms with E-state index in [1.165, 1.54) is 6.42 Å². The van der Waals surface area contributed by atoms with Gasteiger partial charge in [-0.25, -0.2) is 9.97 Å². The van der Waals surface area contributed by atoms with Gasteiger partial charge in [0.1, 0.15) is 11.6 Å². The van der Waals surface area contributed by atoms with E-state index in [1.54, 1.807) is 0 Å². The van der Waals surface area contributed by atoms with Crippen LogP contribution in [0.1, 0.15) is 41.6 Å². The molecule has 110 valence electrons. The van der Waals surface area contributed by atoms with Gasteiger partial charge in [0, 0.05) is 16.8 Å². The van der Waals surface area contributed by atoms with E-state index in [0.29, 0.717) is 17.4 Å². The molecular formula is C17H21N3O. The number of rotatable bonds is 1. The van der Waals surface area contributed by atoms with Gasteiger partial charge in [0.2, 0.25) is 0 Å². The Labute approximate surface area is 125 Å². The van der Waals surface area contributed by atoms with Crippen LogP contribution in [0.15, 0.2) is 12.1 Å². The highest BCUT2D eigenvalue weighted by Crippen LogP contribution is 2.30. The molecule has 3 N–H and O–H groups in total. The minimum atomic E-state index is 0.335. The molecule has 4 heteroatoms. The van der Waals surface area contributed by atoms with Crippen LogP contribution in [0.3, 0.4) is 0 Å². The second-order valence-corrected chi connectivity index (χ2v) is 5.88. The first-order valence-corrected chi connectivity index (χ1v) is 7.52. The Balaban J connectivity index is 2.11. The van der Waals surface area contributed by atoms with Gasteiger partial charge in [-0.15, -0.1) is 0 Å². The fourth-order valence-electron chi connectivity index (χ4n) is 3.01. The molecule has 1 aromatic heterocycles. The molecule has 0 radical (unpaired) electrons. The van der Waals surface area contributed by atoms with Gasteiger partial charge in [0.05, 0.1) is 0 Å². The Kier molecular flexibility index (Phi) is 3.53. The fraction of sp³-hybridized carbons (Fsp3) is 0.412. The smallest absolute Gasteiger partial charge is 0.161 e. The highest BCUT2D eigenvalue weighted by molar-refractivity contribution is 5.63. The summed E-state index contributed by atoms with van der Waals surface area (Å²) in [6.07, 6.45) is 5.51. The number of hydrogen-bond donors (Lipinski definition) is 2. The molecular weight excluding hydrogens is 262 g/mol. The van der Waals surface area contributed by atoms with Crippen molar-refractivity contribution in [3.8, 4) is 17.1 Å². The van der Waals surface area contributed by atoms with E-state index in [-0.39, 0.29) is 0 Å². The SMILES string of the molecule is Cc1cc(-c2nc(N)c3c(n2)CCCCC3)cc(C)c1O. The van der Waals surface area contributed by atoms with Crippen molar-refractivity contribution in [2.24, 2.45) is 0 Å². The van der Waals surface area contributed by atoms with E-state index in [1.807, 2.05) is 26.0 Å². The predicted octanol–water partition coefficient (Wildman–Crippen LogP) is 3.32. The van der Waals surface area contributed by atoms with Gasteiger partial charge in [-0.3, -0.25) is 0 Å². The molecule has 0 saturated carbocycles. The summed E-state index contributed by atoms with van der Waals surface area (Å²) in [6.45, 7) is 3.78. The minimum Gasteiger partial charge on any atom is -0.507 e. The number of aromatic nitrogens is 2. The Morgan fingerprint density at radius 1 is 1.00 bits per heavy atom. The maximum atomic E-state index is 9.90. The van der Waals surface area contributed by atoms with Gasteiger partial charge < -0.3 is 10.8 Å². The Bertz CT molecular complexity index is 672. The van der Waals surface area contributed by atoms with Crippen LogP contribution in [0.2, 0.25) is 0 Å². The summed E-state index contributed by atoms with van der Waals surface area (Å²) in [5, 5.41) is 9.90. The normalized spacial score (nSPS) is 14.6.